The number of fused-ring (bicyclic) bond motifs is 1. The molecular formula is C19H18FN3. The number of halogens is 1. The third kappa shape index (κ3) is 2.66. The van der Waals surface area contributed by atoms with Crippen LogP contribution in [0.25, 0.3) is 11.3 Å². The number of aromatic nitrogens is 2. The third-order valence-electron chi connectivity index (χ3n) is 4.31. The summed E-state index contributed by atoms with van der Waals surface area (Å²) in [5.74, 6) is -0.217. The first kappa shape index (κ1) is 14.2. The summed E-state index contributed by atoms with van der Waals surface area (Å²) in [6.45, 7) is 2.40. The first-order valence-corrected chi connectivity index (χ1v) is 7.91. The molecular weight excluding hydrogens is 289 g/mol. The van der Waals surface area contributed by atoms with Crippen molar-refractivity contribution < 1.29 is 4.39 Å². The van der Waals surface area contributed by atoms with E-state index in [-0.39, 0.29) is 5.82 Å². The van der Waals surface area contributed by atoms with Gasteiger partial charge >= 0.3 is 0 Å². The van der Waals surface area contributed by atoms with E-state index in [2.05, 4.69) is 17.4 Å². The van der Waals surface area contributed by atoms with E-state index in [1.165, 1.54) is 17.3 Å². The molecule has 0 fully saturated rings. The van der Waals surface area contributed by atoms with Crippen molar-refractivity contribution >= 4 is 0 Å². The van der Waals surface area contributed by atoms with Crippen molar-refractivity contribution in [2.45, 2.75) is 19.5 Å². The van der Waals surface area contributed by atoms with Gasteiger partial charge in [-0.25, -0.2) is 4.39 Å². The number of benzene rings is 2. The molecule has 1 aromatic heterocycles. The van der Waals surface area contributed by atoms with Crippen LogP contribution >= 0.6 is 0 Å². The van der Waals surface area contributed by atoms with Gasteiger partial charge in [-0.3, -0.25) is 4.68 Å². The average Bonchev–Trinajstić information content (AvgIpc) is 2.95. The molecule has 0 radical (unpaired) electrons. The SMILES string of the molecule is Fc1ccccc1-c1nn(Cc2ccccc2)c2c1CNCC2. The van der Waals surface area contributed by atoms with Crippen LogP contribution in [0.4, 0.5) is 4.39 Å². The highest BCUT2D eigenvalue weighted by molar-refractivity contribution is 5.65. The normalized spacial score (nSPS) is 13.8. The smallest absolute Gasteiger partial charge is 0.132 e. The van der Waals surface area contributed by atoms with E-state index < -0.39 is 0 Å². The summed E-state index contributed by atoms with van der Waals surface area (Å²) in [4.78, 5) is 0. The van der Waals surface area contributed by atoms with E-state index in [9.17, 15) is 4.39 Å². The topological polar surface area (TPSA) is 29.9 Å². The van der Waals surface area contributed by atoms with Gasteiger partial charge in [0.15, 0.2) is 0 Å². The number of rotatable bonds is 3. The Morgan fingerprint density at radius 2 is 1.83 bits per heavy atom. The molecule has 4 heteroatoms. The van der Waals surface area contributed by atoms with E-state index in [0.29, 0.717) is 5.56 Å². The van der Waals surface area contributed by atoms with Gasteiger partial charge in [-0.2, -0.15) is 5.10 Å². The zero-order valence-electron chi connectivity index (χ0n) is 12.8. The monoisotopic (exact) mass is 307 g/mol. The highest BCUT2D eigenvalue weighted by Crippen LogP contribution is 2.29. The van der Waals surface area contributed by atoms with Crippen molar-refractivity contribution in [3.05, 3.63) is 77.2 Å². The summed E-state index contributed by atoms with van der Waals surface area (Å²) < 4.78 is 16.2. The van der Waals surface area contributed by atoms with Gasteiger partial charge in [-0.15, -0.1) is 0 Å². The second-order valence-corrected chi connectivity index (χ2v) is 5.82. The Morgan fingerprint density at radius 3 is 2.65 bits per heavy atom. The standard InChI is InChI=1S/C19H18FN3/c20-17-9-5-4-8-15(17)19-16-12-21-11-10-18(16)23(22-19)13-14-6-2-1-3-7-14/h1-9,21H,10-13H2. The molecule has 0 amide bonds. The minimum Gasteiger partial charge on any atom is -0.312 e. The third-order valence-corrected chi connectivity index (χ3v) is 4.31. The number of hydrogen-bond acceptors (Lipinski definition) is 2. The van der Waals surface area contributed by atoms with Crippen LogP contribution in [-0.2, 0) is 19.5 Å². The van der Waals surface area contributed by atoms with Crippen LogP contribution in [0.2, 0.25) is 0 Å². The molecule has 2 heterocycles. The second kappa shape index (κ2) is 5.97. The molecule has 0 bridgehead atoms. The van der Waals surface area contributed by atoms with Crippen molar-refractivity contribution in [1.29, 1.82) is 0 Å². The van der Waals surface area contributed by atoms with Crippen LogP contribution in [0, 0.1) is 5.82 Å². The summed E-state index contributed by atoms with van der Waals surface area (Å²) in [6.07, 6.45) is 0.920. The van der Waals surface area contributed by atoms with E-state index >= 15 is 0 Å². The highest BCUT2D eigenvalue weighted by atomic mass is 19.1. The quantitative estimate of drug-likeness (QED) is 0.804. The molecule has 4 rings (SSSR count). The maximum Gasteiger partial charge on any atom is 0.132 e. The molecule has 3 nitrogen and oxygen atoms in total. The molecule has 116 valence electrons. The molecule has 1 aliphatic rings. The van der Waals surface area contributed by atoms with Gasteiger partial charge in [-0.1, -0.05) is 42.5 Å². The van der Waals surface area contributed by atoms with Gasteiger partial charge in [0.05, 0.1) is 6.54 Å². The Labute approximate surface area is 134 Å². The Kier molecular flexibility index (Phi) is 3.67. The molecule has 3 aromatic rings. The summed E-state index contributed by atoms with van der Waals surface area (Å²) >= 11 is 0. The van der Waals surface area contributed by atoms with Crippen LogP contribution < -0.4 is 5.32 Å². The lowest BCUT2D eigenvalue weighted by Gasteiger charge is -2.16. The van der Waals surface area contributed by atoms with Crippen molar-refractivity contribution in [2.75, 3.05) is 6.54 Å². The first-order chi connectivity index (χ1) is 11.3. The van der Waals surface area contributed by atoms with Gasteiger partial charge < -0.3 is 5.32 Å². The van der Waals surface area contributed by atoms with E-state index in [0.717, 1.165) is 37.3 Å². The van der Waals surface area contributed by atoms with Gasteiger partial charge in [-0.05, 0) is 17.7 Å². The molecule has 0 saturated heterocycles. The Morgan fingerprint density at radius 1 is 1.04 bits per heavy atom. The maximum absolute atomic E-state index is 14.2. The highest BCUT2D eigenvalue weighted by Gasteiger charge is 2.23. The Balaban J connectivity index is 1.80. The Hall–Kier alpha value is -2.46. The van der Waals surface area contributed by atoms with Gasteiger partial charge in [0.2, 0.25) is 0 Å². The average molecular weight is 307 g/mol. The lowest BCUT2D eigenvalue weighted by molar-refractivity contribution is 0.582. The van der Waals surface area contributed by atoms with Crippen molar-refractivity contribution in [3.63, 3.8) is 0 Å². The van der Waals surface area contributed by atoms with Gasteiger partial charge in [0.25, 0.3) is 0 Å². The van der Waals surface area contributed by atoms with Gasteiger partial charge in [0.1, 0.15) is 11.5 Å². The van der Waals surface area contributed by atoms with E-state index in [1.54, 1.807) is 12.1 Å². The lowest BCUT2D eigenvalue weighted by atomic mass is 10.0. The van der Waals surface area contributed by atoms with E-state index in [4.69, 9.17) is 5.10 Å². The van der Waals surface area contributed by atoms with Crippen LogP contribution in [0.1, 0.15) is 16.8 Å². The molecule has 0 spiro atoms. The second-order valence-electron chi connectivity index (χ2n) is 5.82. The van der Waals surface area contributed by atoms with Crippen molar-refractivity contribution in [2.24, 2.45) is 0 Å². The molecule has 0 atom stereocenters. The summed E-state index contributed by atoms with van der Waals surface area (Å²) in [6, 6.07) is 17.1. The predicted octanol–water partition coefficient (Wildman–Crippen LogP) is 3.38. The summed E-state index contributed by atoms with van der Waals surface area (Å²) in [5.41, 5.74) is 4.89. The molecule has 1 aliphatic heterocycles. The van der Waals surface area contributed by atoms with Crippen molar-refractivity contribution in [1.82, 2.24) is 15.1 Å². The fraction of sp³-hybridized carbons (Fsp3) is 0.211. The largest absolute Gasteiger partial charge is 0.312 e. The lowest BCUT2D eigenvalue weighted by Crippen LogP contribution is -2.25. The molecule has 0 unspecified atom stereocenters. The molecule has 23 heavy (non-hydrogen) atoms. The van der Waals surface area contributed by atoms with Crippen LogP contribution in [0.5, 0.6) is 0 Å². The first-order valence-electron chi connectivity index (χ1n) is 7.91. The maximum atomic E-state index is 14.2. The molecule has 1 N–H and O–H groups in total. The van der Waals surface area contributed by atoms with Gasteiger partial charge in [0, 0.05) is 36.3 Å². The number of nitrogens with zero attached hydrogens (tertiary/aromatic N) is 2. The number of hydrogen-bond donors (Lipinski definition) is 1. The molecule has 2 aromatic carbocycles. The van der Waals surface area contributed by atoms with E-state index in [1.807, 2.05) is 28.9 Å². The summed E-state index contributed by atoms with van der Waals surface area (Å²) in [7, 11) is 0. The zero-order valence-corrected chi connectivity index (χ0v) is 12.8. The number of nitrogens with one attached hydrogen (secondary N) is 1. The zero-order chi connectivity index (χ0) is 15.6. The minimum absolute atomic E-state index is 0.217. The summed E-state index contributed by atoms with van der Waals surface area (Å²) in [5, 5.41) is 8.13. The molecule has 0 aliphatic carbocycles. The van der Waals surface area contributed by atoms with Crippen molar-refractivity contribution in [3.8, 4) is 11.3 Å². The minimum atomic E-state index is -0.217. The van der Waals surface area contributed by atoms with Crippen LogP contribution in [0.3, 0.4) is 0 Å². The van der Waals surface area contributed by atoms with Crippen LogP contribution in [-0.4, -0.2) is 16.3 Å². The predicted molar refractivity (Wildman–Crippen MR) is 88.6 cm³/mol. The molecule has 0 saturated carbocycles. The fourth-order valence-corrected chi connectivity index (χ4v) is 3.18. The van der Waals surface area contributed by atoms with Crippen LogP contribution in [0.15, 0.2) is 54.6 Å². The Bertz CT molecular complexity index is 824. The fourth-order valence-electron chi connectivity index (χ4n) is 3.18.